The van der Waals surface area contributed by atoms with Gasteiger partial charge in [-0.3, -0.25) is 0 Å². The van der Waals surface area contributed by atoms with Gasteiger partial charge in [0.25, 0.3) is 0 Å². The number of halogens is 2. The minimum absolute atomic E-state index is 0. The van der Waals surface area contributed by atoms with E-state index < -0.39 is 0 Å². The fraction of sp³-hybridized carbons (Fsp3) is 0.538. The van der Waals surface area contributed by atoms with Gasteiger partial charge >= 0.3 is 0 Å². The molecule has 2 N–H and O–H groups in total. The molecule has 2 nitrogen and oxygen atoms in total. The van der Waals surface area contributed by atoms with Crippen LogP contribution in [0.4, 0.5) is 0 Å². The van der Waals surface area contributed by atoms with Crippen LogP contribution in [-0.4, -0.2) is 7.11 Å². The van der Waals surface area contributed by atoms with Gasteiger partial charge in [-0.25, -0.2) is 0 Å². The third-order valence-electron chi connectivity index (χ3n) is 3.55. The topological polar surface area (TPSA) is 35.2 Å². The van der Waals surface area contributed by atoms with Crippen LogP contribution in [0.2, 0.25) is 0 Å². The van der Waals surface area contributed by atoms with Crippen LogP contribution in [-0.2, 0) is 18.4 Å². The van der Waals surface area contributed by atoms with Crippen LogP contribution in [0.3, 0.4) is 0 Å². The van der Waals surface area contributed by atoms with Crippen molar-refractivity contribution in [1.82, 2.24) is 0 Å². The predicted molar refractivity (Wildman–Crippen MR) is 82.2 cm³/mol. The molecule has 0 saturated heterocycles. The fourth-order valence-electron chi connectivity index (χ4n) is 2.52. The molecule has 4 heteroatoms. The van der Waals surface area contributed by atoms with Crippen LogP contribution >= 0.6 is 35.0 Å². The van der Waals surface area contributed by atoms with Crippen molar-refractivity contribution in [3.63, 3.8) is 0 Å². The van der Waals surface area contributed by atoms with Crippen LogP contribution in [0.15, 0.2) is 6.07 Å². The Balaban J connectivity index is 0.00000144. The molecule has 17 heavy (non-hydrogen) atoms. The van der Waals surface area contributed by atoms with Crippen molar-refractivity contribution >= 4 is 35.0 Å². The lowest BCUT2D eigenvalue weighted by molar-refractivity contribution is 0.406. The van der Waals surface area contributed by atoms with Crippen molar-refractivity contribution in [3.8, 4) is 5.75 Å². The van der Waals surface area contributed by atoms with Gasteiger partial charge in [-0.2, -0.15) is 0 Å². The van der Waals surface area contributed by atoms with Crippen LogP contribution in [0, 0.1) is 3.57 Å². The van der Waals surface area contributed by atoms with E-state index in [-0.39, 0.29) is 17.8 Å². The summed E-state index contributed by atoms with van der Waals surface area (Å²) in [6, 6.07) is 2.24. The molecule has 1 aromatic carbocycles. The lowest BCUT2D eigenvalue weighted by atomic mass is 9.86. The monoisotopic (exact) mass is 367 g/mol. The van der Waals surface area contributed by atoms with Gasteiger partial charge in [-0.1, -0.05) is 13.8 Å². The van der Waals surface area contributed by atoms with E-state index in [0.717, 1.165) is 17.7 Å². The number of fused-ring (bicyclic) bond motifs is 1. The maximum Gasteiger partial charge on any atom is 0.136 e. The Morgan fingerprint density at radius 1 is 1.47 bits per heavy atom. The zero-order valence-electron chi connectivity index (χ0n) is 10.5. The molecule has 0 aliphatic heterocycles. The molecular weight excluding hydrogens is 349 g/mol. The zero-order chi connectivity index (χ0) is 11.9. The molecular formula is C13H19ClINO. The number of rotatable bonds is 2. The van der Waals surface area contributed by atoms with E-state index in [1.807, 2.05) is 0 Å². The molecule has 96 valence electrons. The predicted octanol–water partition coefficient (Wildman–Crippen LogP) is 3.40. The summed E-state index contributed by atoms with van der Waals surface area (Å²) < 4.78 is 6.73. The normalized spacial score (nSPS) is 16.3. The molecule has 0 radical (unpaired) electrons. The van der Waals surface area contributed by atoms with E-state index in [1.165, 1.54) is 21.1 Å². The molecule has 0 fully saturated rings. The number of benzene rings is 1. The molecule has 1 aliphatic rings. The molecule has 2 rings (SSSR count). The Morgan fingerprint density at radius 3 is 2.65 bits per heavy atom. The van der Waals surface area contributed by atoms with Gasteiger partial charge in [0.15, 0.2) is 0 Å². The van der Waals surface area contributed by atoms with Crippen molar-refractivity contribution in [1.29, 1.82) is 0 Å². The standard InChI is InChI=1S/C13H18INO.ClH/c1-13(2)5-4-9-10(13)6-8(7-15)12(16-3)11(9)14;/h6H,4-5,7,15H2,1-3H3;1H. The van der Waals surface area contributed by atoms with Gasteiger partial charge < -0.3 is 10.5 Å². The number of ether oxygens (including phenoxy) is 1. The summed E-state index contributed by atoms with van der Waals surface area (Å²) in [5.41, 5.74) is 10.1. The van der Waals surface area contributed by atoms with Gasteiger partial charge in [0.05, 0.1) is 10.7 Å². The molecule has 1 aromatic rings. The maximum atomic E-state index is 5.79. The Bertz CT molecular complexity index is 432. The van der Waals surface area contributed by atoms with E-state index in [2.05, 4.69) is 42.5 Å². The molecule has 0 saturated carbocycles. The smallest absolute Gasteiger partial charge is 0.136 e. The lowest BCUT2D eigenvalue weighted by Crippen LogP contribution is -2.13. The first kappa shape index (κ1) is 15.1. The van der Waals surface area contributed by atoms with Crippen LogP contribution in [0.25, 0.3) is 0 Å². The van der Waals surface area contributed by atoms with E-state index in [9.17, 15) is 0 Å². The molecule has 0 spiro atoms. The number of methoxy groups -OCH3 is 1. The molecule has 0 atom stereocenters. The maximum absolute atomic E-state index is 5.79. The van der Waals surface area contributed by atoms with Crippen molar-refractivity contribution in [2.45, 2.75) is 38.6 Å². The van der Waals surface area contributed by atoms with E-state index >= 15 is 0 Å². The van der Waals surface area contributed by atoms with Gasteiger partial charge in [0.1, 0.15) is 5.75 Å². The first-order valence-electron chi connectivity index (χ1n) is 5.60. The molecule has 0 aromatic heterocycles. The van der Waals surface area contributed by atoms with E-state index in [0.29, 0.717) is 6.54 Å². The molecule has 1 aliphatic carbocycles. The highest BCUT2D eigenvalue weighted by Gasteiger charge is 2.33. The third kappa shape index (κ3) is 2.42. The van der Waals surface area contributed by atoms with Crippen molar-refractivity contribution in [3.05, 3.63) is 26.3 Å². The Kier molecular flexibility index (Phi) is 4.72. The molecule has 0 unspecified atom stereocenters. The summed E-state index contributed by atoms with van der Waals surface area (Å²) >= 11 is 2.39. The van der Waals surface area contributed by atoms with E-state index in [1.54, 1.807) is 7.11 Å². The second kappa shape index (κ2) is 5.33. The van der Waals surface area contributed by atoms with E-state index in [4.69, 9.17) is 10.5 Å². The van der Waals surface area contributed by atoms with Gasteiger partial charge in [-0.15, -0.1) is 12.4 Å². The van der Waals surface area contributed by atoms with Crippen LogP contribution in [0.5, 0.6) is 5.75 Å². The summed E-state index contributed by atoms with van der Waals surface area (Å²) in [6.07, 6.45) is 2.37. The second-order valence-corrected chi connectivity index (χ2v) is 6.08. The van der Waals surface area contributed by atoms with Crippen LogP contribution < -0.4 is 10.5 Å². The Morgan fingerprint density at radius 2 is 2.12 bits per heavy atom. The lowest BCUT2D eigenvalue weighted by Gasteiger charge is -2.21. The second-order valence-electron chi connectivity index (χ2n) is 5.00. The number of hydrogen-bond acceptors (Lipinski definition) is 2. The summed E-state index contributed by atoms with van der Waals surface area (Å²) in [4.78, 5) is 0. The SMILES string of the molecule is COc1c(CN)cc2c(c1I)CCC2(C)C.Cl. The highest BCUT2D eigenvalue weighted by molar-refractivity contribution is 14.1. The number of nitrogens with two attached hydrogens (primary N) is 1. The van der Waals surface area contributed by atoms with Crippen LogP contribution in [0.1, 0.15) is 37.0 Å². The minimum atomic E-state index is 0. The largest absolute Gasteiger partial charge is 0.495 e. The average molecular weight is 368 g/mol. The van der Waals surface area contributed by atoms with Crippen molar-refractivity contribution in [2.24, 2.45) is 5.73 Å². The highest BCUT2D eigenvalue weighted by atomic mass is 127. The summed E-state index contributed by atoms with van der Waals surface area (Å²) in [6.45, 7) is 5.16. The quantitative estimate of drug-likeness (QED) is 0.813. The fourth-order valence-corrected chi connectivity index (χ4v) is 3.64. The first-order chi connectivity index (χ1) is 7.51. The molecule has 0 heterocycles. The Labute approximate surface area is 123 Å². The van der Waals surface area contributed by atoms with Crippen molar-refractivity contribution < 1.29 is 4.74 Å². The number of hydrogen-bond donors (Lipinski definition) is 1. The van der Waals surface area contributed by atoms with Gasteiger partial charge in [0.2, 0.25) is 0 Å². The highest BCUT2D eigenvalue weighted by Crippen LogP contribution is 2.44. The first-order valence-corrected chi connectivity index (χ1v) is 6.68. The van der Waals surface area contributed by atoms with Crippen molar-refractivity contribution in [2.75, 3.05) is 7.11 Å². The summed E-state index contributed by atoms with van der Waals surface area (Å²) in [7, 11) is 1.73. The Hall–Kier alpha value is -0.0000000000000000555. The third-order valence-corrected chi connectivity index (χ3v) is 4.69. The molecule has 0 bridgehead atoms. The average Bonchev–Trinajstić information content (AvgIpc) is 2.55. The molecule has 0 amide bonds. The van der Waals surface area contributed by atoms with Gasteiger partial charge in [0, 0.05) is 12.1 Å². The summed E-state index contributed by atoms with van der Waals surface area (Å²) in [5.74, 6) is 0.972. The summed E-state index contributed by atoms with van der Waals surface area (Å²) in [5, 5.41) is 0. The van der Waals surface area contributed by atoms with Gasteiger partial charge in [-0.05, 0) is 58.0 Å². The minimum Gasteiger partial charge on any atom is -0.495 e. The zero-order valence-corrected chi connectivity index (χ0v) is 13.4.